The fraction of sp³-hybridized carbons (Fsp3) is 0.129. The number of nitro groups is 1. The molecule has 1 heterocycles. The number of benzene rings is 4. The molecule has 1 unspecified atom stereocenters. The fourth-order valence-electron chi connectivity index (χ4n) is 4.32. The molecular formula is C31H26FN5O3S. The van der Waals surface area contributed by atoms with E-state index in [2.05, 4.69) is 15.5 Å². The van der Waals surface area contributed by atoms with Gasteiger partial charge in [0.25, 0.3) is 11.6 Å². The van der Waals surface area contributed by atoms with Crippen molar-refractivity contribution in [3.05, 3.63) is 147 Å². The van der Waals surface area contributed by atoms with Crippen LogP contribution in [0.1, 0.15) is 38.9 Å². The molecule has 206 valence electrons. The molecule has 5 rings (SSSR count). The lowest BCUT2D eigenvalue weighted by Crippen LogP contribution is -2.32. The highest BCUT2D eigenvalue weighted by Gasteiger charge is 2.26. The van der Waals surface area contributed by atoms with E-state index in [-0.39, 0.29) is 17.1 Å². The predicted molar refractivity (Wildman–Crippen MR) is 156 cm³/mol. The van der Waals surface area contributed by atoms with Crippen LogP contribution in [-0.4, -0.2) is 25.6 Å². The molecule has 1 amide bonds. The summed E-state index contributed by atoms with van der Waals surface area (Å²) in [6.45, 7) is 2.00. The molecule has 4 aromatic carbocycles. The lowest BCUT2D eigenvalue weighted by Gasteiger charge is -2.20. The van der Waals surface area contributed by atoms with Crippen LogP contribution >= 0.6 is 11.8 Å². The van der Waals surface area contributed by atoms with E-state index in [4.69, 9.17) is 0 Å². The first-order valence-electron chi connectivity index (χ1n) is 12.9. The minimum Gasteiger partial charge on any atom is -0.342 e. The van der Waals surface area contributed by atoms with E-state index in [1.54, 1.807) is 12.1 Å². The van der Waals surface area contributed by atoms with Gasteiger partial charge < -0.3 is 5.32 Å². The molecule has 10 heteroatoms. The van der Waals surface area contributed by atoms with Crippen LogP contribution in [0.4, 0.5) is 10.1 Å². The second-order valence-corrected chi connectivity index (χ2v) is 10.4. The van der Waals surface area contributed by atoms with Gasteiger partial charge in [-0.2, -0.15) is 0 Å². The third-order valence-electron chi connectivity index (χ3n) is 6.45. The zero-order valence-electron chi connectivity index (χ0n) is 22.1. The number of halogens is 1. The van der Waals surface area contributed by atoms with Gasteiger partial charge in [-0.3, -0.25) is 19.5 Å². The maximum atomic E-state index is 13.4. The van der Waals surface area contributed by atoms with E-state index >= 15 is 0 Å². The molecule has 8 nitrogen and oxygen atoms in total. The van der Waals surface area contributed by atoms with Gasteiger partial charge in [-0.05, 0) is 54.8 Å². The van der Waals surface area contributed by atoms with Crippen LogP contribution in [0.2, 0.25) is 0 Å². The number of hydrogen-bond donors (Lipinski definition) is 1. The van der Waals surface area contributed by atoms with Gasteiger partial charge in [0.1, 0.15) is 5.82 Å². The normalized spacial score (nSPS) is 11.7. The van der Waals surface area contributed by atoms with E-state index < -0.39 is 16.9 Å². The van der Waals surface area contributed by atoms with Crippen molar-refractivity contribution in [2.75, 3.05) is 0 Å². The summed E-state index contributed by atoms with van der Waals surface area (Å²) in [5.41, 5.74) is 3.81. The lowest BCUT2D eigenvalue weighted by atomic mass is 10.0. The van der Waals surface area contributed by atoms with Crippen molar-refractivity contribution in [1.29, 1.82) is 0 Å². The van der Waals surface area contributed by atoms with Gasteiger partial charge in [0, 0.05) is 29.1 Å². The van der Waals surface area contributed by atoms with Crippen molar-refractivity contribution in [1.82, 2.24) is 20.1 Å². The summed E-state index contributed by atoms with van der Waals surface area (Å²) >= 11 is 1.45. The molecule has 0 saturated carbocycles. The van der Waals surface area contributed by atoms with Gasteiger partial charge in [0.05, 0.1) is 11.0 Å². The van der Waals surface area contributed by atoms with Crippen molar-refractivity contribution in [2.45, 2.75) is 30.3 Å². The van der Waals surface area contributed by atoms with Crippen LogP contribution in [0.25, 0.3) is 5.69 Å². The smallest absolute Gasteiger partial charge is 0.270 e. The van der Waals surface area contributed by atoms with Gasteiger partial charge in [-0.25, -0.2) is 4.39 Å². The number of nitrogens with zero attached hydrogens (tertiary/aromatic N) is 4. The summed E-state index contributed by atoms with van der Waals surface area (Å²) in [7, 11) is 0. The number of rotatable bonds is 10. The number of carbonyl (C=O) groups excluding carboxylic acids is 1. The van der Waals surface area contributed by atoms with Gasteiger partial charge in [0.15, 0.2) is 11.0 Å². The second kappa shape index (κ2) is 12.6. The summed E-state index contributed by atoms with van der Waals surface area (Å²) in [6, 6.07) is 28.9. The molecule has 1 atom stereocenters. The zero-order chi connectivity index (χ0) is 28.8. The van der Waals surface area contributed by atoms with Gasteiger partial charge in [-0.1, -0.05) is 78.0 Å². The van der Waals surface area contributed by atoms with Gasteiger partial charge in [0.2, 0.25) is 0 Å². The Labute approximate surface area is 240 Å². The van der Waals surface area contributed by atoms with Crippen LogP contribution < -0.4 is 5.32 Å². The zero-order valence-corrected chi connectivity index (χ0v) is 22.9. The molecule has 0 aliphatic heterocycles. The predicted octanol–water partition coefficient (Wildman–Crippen LogP) is 6.63. The van der Waals surface area contributed by atoms with Gasteiger partial charge in [-0.15, -0.1) is 10.2 Å². The highest BCUT2D eigenvalue weighted by atomic mass is 32.2. The first kappa shape index (κ1) is 27.7. The Bertz CT molecular complexity index is 1660. The van der Waals surface area contributed by atoms with Crippen LogP contribution in [0.3, 0.4) is 0 Å². The monoisotopic (exact) mass is 567 g/mol. The molecule has 0 bridgehead atoms. The average Bonchev–Trinajstić information content (AvgIpc) is 3.41. The van der Waals surface area contributed by atoms with Crippen LogP contribution in [0.15, 0.2) is 108 Å². The maximum absolute atomic E-state index is 13.4. The second-order valence-electron chi connectivity index (χ2n) is 9.45. The molecule has 1 aromatic heterocycles. The SMILES string of the molecule is Cc1ccc(-n2c(SCc3ccc(F)cc3)nnc2C(Cc2ccccc2)NC(=O)c2cccc([N+](=O)[O-])c2)cc1. The van der Waals surface area contributed by atoms with E-state index in [1.165, 1.54) is 48.2 Å². The summed E-state index contributed by atoms with van der Waals surface area (Å²) < 4.78 is 15.3. The Balaban J connectivity index is 1.53. The molecule has 1 N–H and O–H groups in total. The number of aryl methyl sites for hydroxylation is 1. The molecule has 5 aromatic rings. The van der Waals surface area contributed by atoms with Crippen LogP contribution in [0.5, 0.6) is 0 Å². The first-order valence-corrected chi connectivity index (χ1v) is 13.8. The van der Waals surface area contributed by atoms with Gasteiger partial charge >= 0.3 is 0 Å². The summed E-state index contributed by atoms with van der Waals surface area (Å²) in [5.74, 6) is 0.284. The Kier molecular flexibility index (Phi) is 8.50. The first-order chi connectivity index (χ1) is 19.9. The molecule has 0 spiro atoms. The van der Waals surface area contributed by atoms with E-state index in [9.17, 15) is 19.3 Å². The summed E-state index contributed by atoms with van der Waals surface area (Å²) in [5, 5.41) is 24.0. The number of thioether (sulfide) groups is 1. The highest BCUT2D eigenvalue weighted by Crippen LogP contribution is 2.29. The van der Waals surface area contributed by atoms with E-state index in [1.807, 2.05) is 66.1 Å². The number of amides is 1. The van der Waals surface area contributed by atoms with Crippen LogP contribution in [-0.2, 0) is 12.2 Å². The minimum atomic E-state index is -0.613. The van der Waals surface area contributed by atoms with Crippen molar-refractivity contribution in [3.8, 4) is 5.69 Å². The fourth-order valence-corrected chi connectivity index (χ4v) is 5.24. The van der Waals surface area contributed by atoms with Crippen LogP contribution in [0, 0.1) is 22.9 Å². The van der Waals surface area contributed by atoms with Crippen molar-refractivity contribution < 1.29 is 14.1 Å². The number of hydrogen-bond acceptors (Lipinski definition) is 6. The molecule has 0 radical (unpaired) electrons. The number of non-ortho nitro benzene ring substituents is 1. The Morgan fingerprint density at radius 2 is 1.68 bits per heavy atom. The average molecular weight is 568 g/mol. The van der Waals surface area contributed by atoms with Crippen molar-refractivity contribution in [2.24, 2.45) is 0 Å². The van der Waals surface area contributed by atoms with Crippen molar-refractivity contribution >= 4 is 23.4 Å². The summed E-state index contributed by atoms with van der Waals surface area (Å²) in [4.78, 5) is 24.2. The Hall–Kier alpha value is -4.83. The molecule has 0 aliphatic rings. The summed E-state index contributed by atoms with van der Waals surface area (Å²) in [6.07, 6.45) is 0.411. The molecule has 0 fully saturated rings. The van der Waals surface area contributed by atoms with E-state index in [0.29, 0.717) is 23.2 Å². The maximum Gasteiger partial charge on any atom is 0.270 e. The Morgan fingerprint density at radius 1 is 0.951 bits per heavy atom. The number of nitrogens with one attached hydrogen (secondary N) is 1. The highest BCUT2D eigenvalue weighted by molar-refractivity contribution is 7.98. The minimum absolute atomic E-state index is 0.167. The Morgan fingerprint density at radius 3 is 2.39 bits per heavy atom. The third-order valence-corrected chi connectivity index (χ3v) is 7.45. The standard InChI is InChI=1S/C31H26FN5O3S/c1-21-10-16-26(17-11-21)36-29(34-35-31(36)41-20-23-12-14-25(32)15-13-23)28(18-22-6-3-2-4-7-22)33-30(38)24-8-5-9-27(19-24)37(39)40/h2-17,19,28H,18,20H2,1H3,(H,33,38). The quantitative estimate of drug-likeness (QED) is 0.115. The molecule has 0 aliphatic carbocycles. The topological polar surface area (TPSA) is 103 Å². The largest absolute Gasteiger partial charge is 0.342 e. The number of carbonyl (C=O) groups is 1. The molecule has 41 heavy (non-hydrogen) atoms. The lowest BCUT2D eigenvalue weighted by molar-refractivity contribution is -0.384. The third kappa shape index (κ3) is 6.85. The number of nitro benzene ring substituents is 1. The number of aromatic nitrogens is 3. The van der Waals surface area contributed by atoms with Crippen molar-refractivity contribution in [3.63, 3.8) is 0 Å². The van der Waals surface area contributed by atoms with E-state index in [0.717, 1.165) is 22.4 Å². The molecular weight excluding hydrogens is 541 g/mol. The molecule has 0 saturated heterocycles.